The van der Waals surface area contributed by atoms with Gasteiger partial charge in [0.1, 0.15) is 11.5 Å². The summed E-state index contributed by atoms with van der Waals surface area (Å²) < 4.78 is 9.35. The topological polar surface area (TPSA) is 173 Å². The maximum Gasteiger partial charge on any atom is 0.423 e. The van der Waals surface area contributed by atoms with E-state index in [-0.39, 0.29) is 23.7 Å². The number of aldehydes is 2. The van der Waals surface area contributed by atoms with Gasteiger partial charge in [-0.3, -0.25) is 29.8 Å². The van der Waals surface area contributed by atoms with E-state index >= 15 is 0 Å². The van der Waals surface area contributed by atoms with Gasteiger partial charge in [-0.25, -0.2) is 9.59 Å². The van der Waals surface area contributed by atoms with Gasteiger partial charge in [-0.2, -0.15) is 0 Å². The first-order chi connectivity index (χ1) is 13.3. The summed E-state index contributed by atoms with van der Waals surface area (Å²) in [6, 6.07) is 5.44. The normalized spacial score (nSPS) is 9.86. The second-order valence-electron chi connectivity index (χ2n) is 4.97. The summed E-state index contributed by atoms with van der Waals surface area (Å²) in [5.41, 5.74) is -1.60. The number of benzene rings is 2. The van der Waals surface area contributed by atoms with Gasteiger partial charge in [0.2, 0.25) is 0 Å². The number of esters is 2. The summed E-state index contributed by atoms with van der Waals surface area (Å²) in [6.07, 6.45) is 0.365. The Morgan fingerprint density at radius 2 is 1.11 bits per heavy atom. The predicted molar refractivity (Wildman–Crippen MR) is 88.2 cm³/mol. The number of non-ortho nitro benzene ring substituents is 2. The van der Waals surface area contributed by atoms with E-state index in [0.717, 1.165) is 36.4 Å². The Hall–Kier alpha value is -4.48. The molecule has 0 spiro atoms. The molecule has 0 unspecified atom stereocenters. The number of carbonyl (C=O) groups excluding carboxylic acids is 4. The van der Waals surface area contributed by atoms with Crippen LogP contribution in [0.25, 0.3) is 0 Å². The van der Waals surface area contributed by atoms with Crippen LogP contribution >= 0.6 is 0 Å². The Labute approximate surface area is 154 Å². The van der Waals surface area contributed by atoms with Crippen LogP contribution in [0, 0.1) is 20.2 Å². The number of nitro groups is 2. The Balaban J connectivity index is 2.19. The lowest BCUT2D eigenvalue weighted by Gasteiger charge is -2.08. The molecule has 0 aliphatic heterocycles. The Kier molecular flexibility index (Phi) is 5.86. The van der Waals surface area contributed by atoms with Gasteiger partial charge in [0, 0.05) is 24.3 Å². The minimum atomic E-state index is -1.59. The molecule has 0 amide bonds. The molecular formula is C16H8N2O10. The van der Waals surface area contributed by atoms with Crippen molar-refractivity contribution in [3.8, 4) is 11.5 Å². The zero-order chi connectivity index (χ0) is 20.8. The molecule has 2 rings (SSSR count). The standard InChI is InChI=1S/C16H8N2O10/c19-7-9-5-11(17(23)24)1-3-13(9)27-15(21)16(22)28-14-4-2-12(18(25)26)6-10(14)8-20/h1-8H. The predicted octanol–water partition coefficient (Wildman–Crippen LogP) is 1.64. The van der Waals surface area contributed by atoms with Crippen molar-refractivity contribution in [2.75, 3.05) is 0 Å². The molecule has 12 heteroatoms. The van der Waals surface area contributed by atoms with E-state index in [1.807, 2.05) is 0 Å². The molecule has 0 heterocycles. The fourth-order valence-electron chi connectivity index (χ4n) is 1.95. The highest BCUT2D eigenvalue weighted by Crippen LogP contribution is 2.25. The molecule has 2 aromatic carbocycles. The minimum Gasteiger partial charge on any atom is -0.417 e. The minimum absolute atomic E-state index is 0.182. The van der Waals surface area contributed by atoms with Crippen molar-refractivity contribution >= 4 is 35.9 Å². The van der Waals surface area contributed by atoms with Crippen LogP contribution in [0.5, 0.6) is 11.5 Å². The number of nitrogens with zero attached hydrogens (tertiary/aromatic N) is 2. The van der Waals surface area contributed by atoms with E-state index in [2.05, 4.69) is 9.47 Å². The summed E-state index contributed by atoms with van der Waals surface area (Å²) in [7, 11) is 0. The summed E-state index contributed by atoms with van der Waals surface area (Å²) in [5.74, 6) is -4.04. The highest BCUT2D eigenvalue weighted by Gasteiger charge is 2.23. The van der Waals surface area contributed by atoms with Crippen LogP contribution in [-0.2, 0) is 9.59 Å². The van der Waals surface area contributed by atoms with Gasteiger partial charge in [-0.15, -0.1) is 0 Å². The van der Waals surface area contributed by atoms with Crippen molar-refractivity contribution < 1.29 is 38.5 Å². The zero-order valence-corrected chi connectivity index (χ0v) is 13.6. The lowest BCUT2D eigenvalue weighted by atomic mass is 10.2. The second kappa shape index (κ2) is 8.27. The molecular weight excluding hydrogens is 380 g/mol. The number of hydrogen-bond donors (Lipinski definition) is 0. The molecule has 0 bridgehead atoms. The molecule has 28 heavy (non-hydrogen) atoms. The molecule has 0 fully saturated rings. The molecule has 0 saturated heterocycles. The molecule has 0 aliphatic rings. The van der Waals surface area contributed by atoms with Crippen molar-refractivity contribution in [3.63, 3.8) is 0 Å². The molecule has 0 N–H and O–H groups in total. The van der Waals surface area contributed by atoms with Crippen LogP contribution in [-0.4, -0.2) is 34.4 Å². The summed E-state index contributed by atoms with van der Waals surface area (Å²) >= 11 is 0. The highest BCUT2D eigenvalue weighted by molar-refractivity contribution is 6.31. The van der Waals surface area contributed by atoms with Gasteiger partial charge in [-0.1, -0.05) is 0 Å². The van der Waals surface area contributed by atoms with E-state index in [1.54, 1.807) is 0 Å². The van der Waals surface area contributed by atoms with Gasteiger partial charge >= 0.3 is 11.9 Å². The Morgan fingerprint density at radius 1 is 0.750 bits per heavy atom. The maximum absolute atomic E-state index is 11.8. The Morgan fingerprint density at radius 3 is 1.39 bits per heavy atom. The molecule has 12 nitrogen and oxygen atoms in total. The van der Waals surface area contributed by atoms with Crippen LogP contribution < -0.4 is 9.47 Å². The average molecular weight is 388 g/mol. The third kappa shape index (κ3) is 4.37. The van der Waals surface area contributed by atoms with Gasteiger partial charge in [0.25, 0.3) is 11.4 Å². The summed E-state index contributed by atoms with van der Waals surface area (Å²) in [6.45, 7) is 0. The van der Waals surface area contributed by atoms with E-state index in [4.69, 9.17) is 0 Å². The third-order valence-corrected chi connectivity index (χ3v) is 3.23. The second-order valence-corrected chi connectivity index (χ2v) is 4.97. The van der Waals surface area contributed by atoms with E-state index in [9.17, 15) is 39.4 Å². The quantitative estimate of drug-likeness (QED) is 0.177. The Bertz CT molecular complexity index is 933. The van der Waals surface area contributed by atoms with Gasteiger partial charge in [0.15, 0.2) is 12.6 Å². The van der Waals surface area contributed by atoms with E-state index < -0.39 is 44.7 Å². The zero-order valence-electron chi connectivity index (χ0n) is 13.6. The van der Waals surface area contributed by atoms with Crippen molar-refractivity contribution in [2.24, 2.45) is 0 Å². The van der Waals surface area contributed by atoms with Crippen molar-refractivity contribution in [2.45, 2.75) is 0 Å². The average Bonchev–Trinajstić information content (AvgIpc) is 2.67. The molecule has 142 valence electrons. The first-order valence-electron chi connectivity index (χ1n) is 7.18. The van der Waals surface area contributed by atoms with Crippen molar-refractivity contribution in [3.05, 3.63) is 67.8 Å². The monoisotopic (exact) mass is 388 g/mol. The molecule has 2 aromatic rings. The number of carbonyl (C=O) groups is 4. The van der Waals surface area contributed by atoms with Gasteiger partial charge in [0.05, 0.1) is 21.0 Å². The lowest BCUT2D eigenvalue weighted by molar-refractivity contribution is -0.385. The number of hydrogen-bond acceptors (Lipinski definition) is 10. The van der Waals surface area contributed by atoms with Crippen LogP contribution in [0.2, 0.25) is 0 Å². The highest BCUT2D eigenvalue weighted by atomic mass is 16.6. The van der Waals surface area contributed by atoms with Gasteiger partial charge < -0.3 is 9.47 Å². The van der Waals surface area contributed by atoms with Crippen LogP contribution in [0.4, 0.5) is 11.4 Å². The fourth-order valence-corrected chi connectivity index (χ4v) is 1.95. The summed E-state index contributed by atoms with van der Waals surface area (Å²) in [4.78, 5) is 65.5. The van der Waals surface area contributed by atoms with Crippen LogP contribution in [0.15, 0.2) is 36.4 Å². The molecule has 0 radical (unpaired) electrons. The van der Waals surface area contributed by atoms with Crippen LogP contribution in [0.1, 0.15) is 20.7 Å². The number of ether oxygens (including phenoxy) is 2. The molecule has 0 atom stereocenters. The van der Waals surface area contributed by atoms with Crippen molar-refractivity contribution in [1.29, 1.82) is 0 Å². The molecule has 0 saturated carbocycles. The first kappa shape index (κ1) is 19.8. The van der Waals surface area contributed by atoms with Crippen LogP contribution in [0.3, 0.4) is 0 Å². The lowest BCUT2D eigenvalue weighted by Crippen LogP contribution is -2.26. The fraction of sp³-hybridized carbons (Fsp3) is 0. The molecule has 0 aromatic heterocycles. The van der Waals surface area contributed by atoms with E-state index in [1.165, 1.54) is 0 Å². The smallest absolute Gasteiger partial charge is 0.417 e. The van der Waals surface area contributed by atoms with E-state index in [0.29, 0.717) is 0 Å². The summed E-state index contributed by atoms with van der Waals surface area (Å²) in [5, 5.41) is 21.4. The maximum atomic E-state index is 11.8. The van der Waals surface area contributed by atoms with Gasteiger partial charge in [-0.05, 0) is 12.1 Å². The largest absolute Gasteiger partial charge is 0.423 e. The number of nitro benzene ring substituents is 2. The third-order valence-electron chi connectivity index (χ3n) is 3.23. The first-order valence-corrected chi connectivity index (χ1v) is 7.18. The van der Waals surface area contributed by atoms with Crippen molar-refractivity contribution in [1.82, 2.24) is 0 Å². The number of rotatable bonds is 6. The molecule has 0 aliphatic carbocycles. The SMILES string of the molecule is O=Cc1cc([N+](=O)[O-])ccc1OC(=O)C(=O)Oc1ccc([N+](=O)[O-])cc1C=O.